The molecule has 0 radical (unpaired) electrons. The number of carbonyl (C=O) groups excluding carboxylic acids is 1. The molecule has 5 atom stereocenters. The standard InChI is InChI=1S/C26H41Cl2N3O6S/c1-5-14-35-23-16-22(28)21(27)15-20(23)24(29-38-37-26(2,3)4)17-10-12-30(13-11-17)25(32)36-19-8-6-18(7-9-19)31(33)34/h6-9,17,20-24,29,33-34H,5,10-16H2,1-4H3. The van der Waals surface area contributed by atoms with Crippen molar-refractivity contribution in [3.05, 3.63) is 24.3 Å². The predicted octanol–water partition coefficient (Wildman–Crippen LogP) is 6.24. The molecule has 1 amide bonds. The first-order valence-electron chi connectivity index (χ1n) is 13.2. The van der Waals surface area contributed by atoms with Gasteiger partial charge in [0.15, 0.2) is 0 Å². The van der Waals surface area contributed by atoms with Gasteiger partial charge in [-0.1, -0.05) is 6.92 Å². The molecule has 3 N–H and O–H groups in total. The summed E-state index contributed by atoms with van der Waals surface area (Å²) in [4.78, 5) is 14.5. The minimum atomic E-state index is -0.427. The number of hydrogen-bond donors (Lipinski definition) is 3. The number of alkyl halides is 2. The van der Waals surface area contributed by atoms with Gasteiger partial charge in [-0.3, -0.25) is 14.6 Å². The molecular formula is C26H41Cl2N3O6S. The number of carbonyl (C=O) groups is 1. The van der Waals surface area contributed by atoms with E-state index in [2.05, 4.69) is 11.6 Å². The maximum absolute atomic E-state index is 12.8. The van der Waals surface area contributed by atoms with Gasteiger partial charge >= 0.3 is 6.09 Å². The van der Waals surface area contributed by atoms with Crippen molar-refractivity contribution in [1.29, 1.82) is 0 Å². The van der Waals surface area contributed by atoms with Gasteiger partial charge in [-0.15, -0.1) is 28.4 Å². The van der Waals surface area contributed by atoms with Crippen LogP contribution >= 0.6 is 35.4 Å². The SMILES string of the molecule is CCCOC1CC(Cl)C(Cl)CC1C(NSOC(C)(C)C)C1CCN(C(=O)Oc2ccc(N(O)O)cc2)CC1. The Labute approximate surface area is 240 Å². The molecule has 12 heteroatoms. The highest BCUT2D eigenvalue weighted by Crippen LogP contribution is 2.40. The second-order valence-electron chi connectivity index (χ2n) is 11.0. The average molecular weight is 595 g/mol. The maximum Gasteiger partial charge on any atom is 0.415 e. The van der Waals surface area contributed by atoms with Crippen molar-refractivity contribution in [2.75, 3.05) is 24.9 Å². The summed E-state index contributed by atoms with van der Waals surface area (Å²) in [6, 6.07) is 5.98. The van der Waals surface area contributed by atoms with E-state index in [0.29, 0.717) is 31.9 Å². The van der Waals surface area contributed by atoms with E-state index in [1.54, 1.807) is 4.90 Å². The first-order chi connectivity index (χ1) is 18.0. The lowest BCUT2D eigenvalue weighted by Crippen LogP contribution is -2.53. The van der Waals surface area contributed by atoms with Crippen LogP contribution in [0.15, 0.2) is 24.3 Å². The van der Waals surface area contributed by atoms with Gasteiger partial charge in [-0.25, -0.2) is 9.52 Å². The van der Waals surface area contributed by atoms with E-state index < -0.39 is 6.09 Å². The molecule has 3 rings (SSSR count). The lowest BCUT2D eigenvalue weighted by atomic mass is 9.74. The minimum absolute atomic E-state index is 0.0000751. The number of likely N-dealkylation sites (tertiary alicyclic amines) is 1. The summed E-state index contributed by atoms with van der Waals surface area (Å²) in [6.07, 6.45) is 3.54. The lowest BCUT2D eigenvalue weighted by Gasteiger charge is -2.45. The summed E-state index contributed by atoms with van der Waals surface area (Å²) in [5.74, 6) is 0.776. The molecule has 2 fully saturated rings. The van der Waals surface area contributed by atoms with Crippen molar-refractivity contribution in [3.8, 4) is 5.75 Å². The summed E-state index contributed by atoms with van der Waals surface area (Å²) < 4.78 is 21.3. The van der Waals surface area contributed by atoms with Crippen LogP contribution < -0.4 is 14.7 Å². The van der Waals surface area contributed by atoms with Gasteiger partial charge in [-0.2, -0.15) is 0 Å². The van der Waals surface area contributed by atoms with E-state index in [4.69, 9.17) is 47.3 Å². The van der Waals surface area contributed by atoms with Crippen LogP contribution in [0, 0.1) is 11.8 Å². The van der Waals surface area contributed by atoms with E-state index in [0.717, 1.165) is 25.7 Å². The quantitative estimate of drug-likeness (QED) is 0.126. The molecular weight excluding hydrogens is 553 g/mol. The summed E-state index contributed by atoms with van der Waals surface area (Å²) in [5.41, 5.74) is -0.137. The van der Waals surface area contributed by atoms with Gasteiger partial charge in [0.2, 0.25) is 0 Å². The maximum atomic E-state index is 12.8. The van der Waals surface area contributed by atoms with Gasteiger partial charge in [0.1, 0.15) is 5.75 Å². The summed E-state index contributed by atoms with van der Waals surface area (Å²) in [7, 11) is 0. The van der Waals surface area contributed by atoms with Crippen LogP contribution in [0.2, 0.25) is 0 Å². The molecule has 1 aliphatic carbocycles. The average Bonchev–Trinajstić information content (AvgIpc) is 2.87. The number of amides is 1. The zero-order valence-corrected chi connectivity index (χ0v) is 24.8. The third-order valence-corrected chi connectivity index (χ3v) is 8.92. The molecule has 0 spiro atoms. The van der Waals surface area contributed by atoms with E-state index in [9.17, 15) is 4.79 Å². The van der Waals surface area contributed by atoms with Crippen molar-refractivity contribution in [3.63, 3.8) is 0 Å². The van der Waals surface area contributed by atoms with E-state index in [1.807, 2.05) is 20.8 Å². The van der Waals surface area contributed by atoms with Gasteiger partial charge in [0.05, 0.1) is 40.4 Å². The number of benzene rings is 1. The highest BCUT2D eigenvalue weighted by molar-refractivity contribution is 7.92. The Kier molecular flexibility index (Phi) is 12.1. The van der Waals surface area contributed by atoms with Crippen LogP contribution in [0.25, 0.3) is 0 Å². The Balaban J connectivity index is 1.65. The third kappa shape index (κ3) is 9.30. The van der Waals surface area contributed by atoms with E-state index in [-0.39, 0.29) is 51.3 Å². The molecule has 0 aromatic heterocycles. The summed E-state index contributed by atoms with van der Waals surface area (Å²) >= 11 is 14.5. The molecule has 5 unspecified atom stereocenters. The normalized spacial score (nSPS) is 25.7. The molecule has 1 aromatic carbocycles. The van der Waals surface area contributed by atoms with Crippen molar-refractivity contribution in [2.45, 2.75) is 88.3 Å². The molecule has 1 heterocycles. The fraction of sp³-hybridized carbons (Fsp3) is 0.731. The topological polar surface area (TPSA) is 104 Å². The van der Waals surface area contributed by atoms with Crippen LogP contribution in [0.1, 0.15) is 59.8 Å². The number of anilines is 1. The highest BCUT2D eigenvalue weighted by Gasteiger charge is 2.43. The molecule has 38 heavy (non-hydrogen) atoms. The van der Waals surface area contributed by atoms with Gasteiger partial charge in [0.25, 0.3) is 0 Å². The predicted molar refractivity (Wildman–Crippen MR) is 150 cm³/mol. The number of halogens is 2. The summed E-state index contributed by atoms with van der Waals surface area (Å²) in [6.45, 7) is 9.93. The molecule has 1 aromatic rings. The molecule has 216 valence electrons. The second kappa shape index (κ2) is 14.6. The number of rotatable bonds is 10. The summed E-state index contributed by atoms with van der Waals surface area (Å²) in [5, 5.41) is 17.9. The Morgan fingerprint density at radius 1 is 1.16 bits per heavy atom. The smallest absolute Gasteiger partial charge is 0.410 e. The van der Waals surface area contributed by atoms with Gasteiger partial charge in [-0.05, 0) is 83.1 Å². The first kappa shape index (κ1) is 31.5. The second-order valence-corrected chi connectivity index (χ2v) is 12.7. The fourth-order valence-corrected chi connectivity index (χ4v) is 6.30. The monoisotopic (exact) mass is 593 g/mol. The lowest BCUT2D eigenvalue weighted by molar-refractivity contribution is -0.0292. The Hall–Kier alpha value is -0.980. The highest BCUT2D eigenvalue weighted by atomic mass is 35.5. The van der Waals surface area contributed by atoms with E-state index in [1.165, 1.54) is 36.5 Å². The third-order valence-electron chi connectivity index (χ3n) is 6.88. The molecule has 2 aliphatic rings. The van der Waals surface area contributed by atoms with Crippen molar-refractivity contribution < 1.29 is 28.9 Å². The Morgan fingerprint density at radius 2 is 1.79 bits per heavy atom. The van der Waals surface area contributed by atoms with Crippen LogP contribution in [-0.2, 0) is 8.92 Å². The van der Waals surface area contributed by atoms with Crippen LogP contribution in [-0.4, -0.2) is 69.6 Å². The molecule has 1 aliphatic heterocycles. The number of nitrogens with one attached hydrogen (secondary N) is 1. The minimum Gasteiger partial charge on any atom is -0.410 e. The van der Waals surface area contributed by atoms with Crippen molar-refractivity contribution in [1.82, 2.24) is 9.62 Å². The number of piperidine rings is 1. The zero-order valence-electron chi connectivity index (χ0n) is 22.5. The fourth-order valence-electron chi connectivity index (χ4n) is 4.93. The van der Waals surface area contributed by atoms with Crippen molar-refractivity contribution >= 4 is 47.2 Å². The van der Waals surface area contributed by atoms with Crippen LogP contribution in [0.5, 0.6) is 5.75 Å². The molecule has 1 saturated heterocycles. The molecule has 0 bridgehead atoms. The van der Waals surface area contributed by atoms with Crippen LogP contribution in [0.4, 0.5) is 10.5 Å². The zero-order chi connectivity index (χ0) is 27.9. The van der Waals surface area contributed by atoms with Gasteiger partial charge in [0, 0.05) is 31.7 Å². The van der Waals surface area contributed by atoms with Crippen LogP contribution in [0.3, 0.4) is 0 Å². The molecule has 9 nitrogen and oxygen atoms in total. The Morgan fingerprint density at radius 3 is 2.37 bits per heavy atom. The number of nitrogens with zero attached hydrogens (tertiary/aromatic N) is 2. The molecule has 1 saturated carbocycles. The van der Waals surface area contributed by atoms with Crippen molar-refractivity contribution in [2.24, 2.45) is 11.8 Å². The van der Waals surface area contributed by atoms with Gasteiger partial charge < -0.3 is 14.4 Å². The largest absolute Gasteiger partial charge is 0.415 e. The first-order valence-corrected chi connectivity index (χ1v) is 14.8. The number of ether oxygens (including phenoxy) is 2. The van der Waals surface area contributed by atoms with E-state index >= 15 is 0 Å². The number of hydrogen-bond acceptors (Lipinski definition) is 9. The Bertz CT molecular complexity index is 868.